The third-order valence-electron chi connectivity index (χ3n) is 2.82. The lowest BCUT2D eigenvalue weighted by atomic mass is 10.0. The standard InChI is InChI=1S/C14H20O4/c1-11(14(16)17-2)13(15)8-9-18-10-12-6-4-3-5-7-12/h3-7,11,13,15H,8-10H2,1-2H3/t11-,13+/m0/s1. The van der Waals surface area contributed by atoms with Crippen molar-refractivity contribution in [1.29, 1.82) is 0 Å². The van der Waals surface area contributed by atoms with Gasteiger partial charge in [0.05, 0.1) is 25.7 Å². The van der Waals surface area contributed by atoms with E-state index in [2.05, 4.69) is 4.74 Å². The van der Waals surface area contributed by atoms with E-state index in [0.717, 1.165) is 5.56 Å². The first-order valence-electron chi connectivity index (χ1n) is 6.02. The molecule has 1 rings (SSSR count). The number of benzene rings is 1. The molecule has 1 N–H and O–H groups in total. The van der Waals surface area contributed by atoms with E-state index in [1.54, 1.807) is 6.92 Å². The molecular formula is C14H20O4. The van der Waals surface area contributed by atoms with Crippen LogP contribution in [0, 0.1) is 5.92 Å². The molecule has 1 aromatic rings. The molecule has 0 spiro atoms. The van der Waals surface area contributed by atoms with Crippen molar-refractivity contribution in [2.75, 3.05) is 13.7 Å². The minimum absolute atomic E-state index is 0.398. The maximum atomic E-state index is 11.2. The van der Waals surface area contributed by atoms with Crippen molar-refractivity contribution >= 4 is 5.97 Å². The zero-order valence-corrected chi connectivity index (χ0v) is 10.8. The average Bonchev–Trinajstić information content (AvgIpc) is 2.42. The molecule has 0 aromatic heterocycles. The minimum atomic E-state index is -0.728. The van der Waals surface area contributed by atoms with Crippen LogP contribution in [-0.4, -0.2) is 30.9 Å². The summed E-state index contributed by atoms with van der Waals surface area (Å²) in [5, 5.41) is 9.74. The molecule has 2 atom stereocenters. The molecule has 0 unspecified atom stereocenters. The summed E-state index contributed by atoms with van der Waals surface area (Å²) in [5.74, 6) is -0.916. The number of hydrogen-bond acceptors (Lipinski definition) is 4. The summed E-state index contributed by atoms with van der Waals surface area (Å²) in [4.78, 5) is 11.2. The molecule has 0 aliphatic heterocycles. The Hall–Kier alpha value is -1.39. The van der Waals surface area contributed by atoms with E-state index in [4.69, 9.17) is 4.74 Å². The van der Waals surface area contributed by atoms with Crippen molar-refractivity contribution in [3.63, 3.8) is 0 Å². The van der Waals surface area contributed by atoms with Gasteiger partial charge in [0, 0.05) is 6.61 Å². The van der Waals surface area contributed by atoms with Gasteiger partial charge in [-0.2, -0.15) is 0 Å². The van der Waals surface area contributed by atoms with Gasteiger partial charge < -0.3 is 14.6 Å². The predicted octanol–water partition coefficient (Wildman–Crippen LogP) is 1.76. The molecule has 0 radical (unpaired) electrons. The number of aliphatic hydroxyl groups is 1. The number of methoxy groups -OCH3 is 1. The van der Waals surface area contributed by atoms with Gasteiger partial charge in [0.1, 0.15) is 0 Å². The van der Waals surface area contributed by atoms with E-state index in [1.807, 2.05) is 30.3 Å². The lowest BCUT2D eigenvalue weighted by molar-refractivity contribution is -0.149. The quantitative estimate of drug-likeness (QED) is 0.593. The normalized spacial score (nSPS) is 13.9. The second kappa shape index (κ2) is 7.84. The second-order valence-corrected chi connectivity index (χ2v) is 4.21. The number of ether oxygens (including phenoxy) is 2. The molecule has 0 saturated heterocycles. The molecule has 0 fully saturated rings. The van der Waals surface area contributed by atoms with Gasteiger partial charge in [-0.25, -0.2) is 0 Å². The van der Waals surface area contributed by atoms with Gasteiger partial charge in [0.2, 0.25) is 0 Å². The van der Waals surface area contributed by atoms with Gasteiger partial charge in [-0.15, -0.1) is 0 Å². The number of hydrogen-bond donors (Lipinski definition) is 1. The molecule has 0 saturated carbocycles. The van der Waals surface area contributed by atoms with Crippen LogP contribution < -0.4 is 0 Å². The number of carbonyl (C=O) groups is 1. The first kappa shape index (κ1) is 14.7. The fourth-order valence-electron chi connectivity index (χ4n) is 1.56. The predicted molar refractivity (Wildman–Crippen MR) is 67.9 cm³/mol. The Morgan fingerprint density at radius 3 is 2.61 bits per heavy atom. The highest BCUT2D eigenvalue weighted by Crippen LogP contribution is 2.09. The van der Waals surface area contributed by atoms with Crippen LogP contribution in [0.2, 0.25) is 0 Å². The molecule has 4 heteroatoms. The largest absolute Gasteiger partial charge is 0.469 e. The van der Waals surface area contributed by atoms with E-state index >= 15 is 0 Å². The Kier molecular flexibility index (Phi) is 6.39. The summed E-state index contributed by atoms with van der Waals surface area (Å²) < 4.78 is 10.0. The molecule has 0 aliphatic carbocycles. The summed E-state index contributed by atoms with van der Waals surface area (Å²) in [6, 6.07) is 9.81. The number of esters is 1. The lowest BCUT2D eigenvalue weighted by Gasteiger charge is -2.16. The van der Waals surface area contributed by atoms with Gasteiger partial charge in [-0.3, -0.25) is 4.79 Å². The Labute approximate surface area is 108 Å². The Balaban J connectivity index is 2.20. The second-order valence-electron chi connectivity index (χ2n) is 4.21. The van der Waals surface area contributed by atoms with E-state index < -0.39 is 18.0 Å². The van der Waals surface area contributed by atoms with E-state index in [9.17, 15) is 9.90 Å². The van der Waals surface area contributed by atoms with Crippen LogP contribution in [0.4, 0.5) is 0 Å². The van der Waals surface area contributed by atoms with Crippen LogP contribution in [0.15, 0.2) is 30.3 Å². The monoisotopic (exact) mass is 252 g/mol. The van der Waals surface area contributed by atoms with Crippen LogP contribution in [0.1, 0.15) is 18.9 Å². The van der Waals surface area contributed by atoms with Crippen LogP contribution >= 0.6 is 0 Å². The van der Waals surface area contributed by atoms with Crippen LogP contribution in [-0.2, 0) is 20.9 Å². The number of rotatable bonds is 7. The molecular weight excluding hydrogens is 232 g/mol. The first-order chi connectivity index (χ1) is 8.65. The zero-order valence-electron chi connectivity index (χ0n) is 10.8. The Morgan fingerprint density at radius 1 is 1.33 bits per heavy atom. The van der Waals surface area contributed by atoms with E-state index in [0.29, 0.717) is 19.6 Å². The van der Waals surface area contributed by atoms with Crippen molar-refractivity contribution in [2.24, 2.45) is 5.92 Å². The Bertz CT molecular complexity index is 350. The molecule has 0 aliphatic rings. The van der Waals surface area contributed by atoms with E-state index in [1.165, 1.54) is 7.11 Å². The minimum Gasteiger partial charge on any atom is -0.469 e. The molecule has 0 bridgehead atoms. The summed E-state index contributed by atoms with van der Waals surface area (Å²) in [6.45, 7) is 2.57. The average molecular weight is 252 g/mol. The van der Waals surface area contributed by atoms with E-state index in [-0.39, 0.29) is 0 Å². The molecule has 18 heavy (non-hydrogen) atoms. The smallest absolute Gasteiger partial charge is 0.311 e. The van der Waals surface area contributed by atoms with Gasteiger partial charge >= 0.3 is 5.97 Å². The number of aliphatic hydroxyl groups excluding tert-OH is 1. The molecule has 0 amide bonds. The maximum absolute atomic E-state index is 11.2. The van der Waals surface area contributed by atoms with Gasteiger partial charge in [0.15, 0.2) is 0 Å². The molecule has 1 aromatic carbocycles. The summed E-state index contributed by atoms with van der Waals surface area (Å²) in [5.41, 5.74) is 1.09. The summed E-state index contributed by atoms with van der Waals surface area (Å²) >= 11 is 0. The van der Waals surface area contributed by atoms with Crippen molar-refractivity contribution in [3.05, 3.63) is 35.9 Å². The highest BCUT2D eigenvalue weighted by molar-refractivity contribution is 5.72. The van der Waals surface area contributed by atoms with Crippen LogP contribution in [0.5, 0.6) is 0 Å². The summed E-state index contributed by atoms with van der Waals surface area (Å²) in [7, 11) is 1.32. The van der Waals surface area contributed by atoms with Crippen LogP contribution in [0.25, 0.3) is 0 Å². The SMILES string of the molecule is COC(=O)[C@@H](C)[C@H](O)CCOCc1ccccc1. The highest BCUT2D eigenvalue weighted by Gasteiger charge is 2.22. The Morgan fingerprint density at radius 2 is 2.00 bits per heavy atom. The van der Waals surface area contributed by atoms with Gasteiger partial charge in [-0.05, 0) is 18.9 Å². The molecule has 0 heterocycles. The maximum Gasteiger partial charge on any atom is 0.311 e. The van der Waals surface area contributed by atoms with Gasteiger partial charge in [-0.1, -0.05) is 30.3 Å². The van der Waals surface area contributed by atoms with Crippen molar-refractivity contribution in [2.45, 2.75) is 26.1 Å². The van der Waals surface area contributed by atoms with Crippen molar-refractivity contribution in [3.8, 4) is 0 Å². The summed E-state index contributed by atoms with van der Waals surface area (Å²) in [6.07, 6.45) is -0.309. The fourth-order valence-corrected chi connectivity index (χ4v) is 1.56. The fraction of sp³-hybridized carbons (Fsp3) is 0.500. The van der Waals surface area contributed by atoms with Crippen LogP contribution in [0.3, 0.4) is 0 Å². The van der Waals surface area contributed by atoms with Gasteiger partial charge in [0.25, 0.3) is 0 Å². The number of carbonyl (C=O) groups excluding carboxylic acids is 1. The zero-order chi connectivity index (χ0) is 13.4. The van der Waals surface area contributed by atoms with Crippen molar-refractivity contribution in [1.82, 2.24) is 0 Å². The lowest BCUT2D eigenvalue weighted by Crippen LogP contribution is -2.27. The molecule has 4 nitrogen and oxygen atoms in total. The third-order valence-corrected chi connectivity index (χ3v) is 2.82. The first-order valence-corrected chi connectivity index (χ1v) is 6.02. The topological polar surface area (TPSA) is 55.8 Å². The highest BCUT2D eigenvalue weighted by atomic mass is 16.5. The molecule has 100 valence electrons. The third kappa shape index (κ3) is 4.85. The van der Waals surface area contributed by atoms with Crippen molar-refractivity contribution < 1.29 is 19.4 Å².